The fraction of sp³-hybridized carbons (Fsp3) is 0.0909. The molecule has 0 bridgehead atoms. The van der Waals surface area contributed by atoms with Gasteiger partial charge in [0, 0.05) is 17.6 Å². The van der Waals surface area contributed by atoms with Gasteiger partial charge >= 0.3 is 0 Å². The predicted octanol–water partition coefficient (Wildman–Crippen LogP) is 5.37. The first-order valence-electron chi connectivity index (χ1n) is 8.97. The lowest BCUT2D eigenvalue weighted by molar-refractivity contribution is -0.120. The van der Waals surface area contributed by atoms with E-state index >= 15 is 0 Å². The fourth-order valence-corrected chi connectivity index (χ4v) is 3.23. The maximum absolute atomic E-state index is 14.4. The number of benzene rings is 2. The smallest absolute Gasteiger partial charge is 0.265 e. The molecular weight excluding hydrogens is 414 g/mol. The van der Waals surface area contributed by atoms with Gasteiger partial charge in [0.1, 0.15) is 28.7 Å². The number of hydrogen-bond donors (Lipinski definition) is 0. The zero-order valence-corrected chi connectivity index (χ0v) is 16.3. The summed E-state index contributed by atoms with van der Waals surface area (Å²) in [6.45, 7) is -0.442. The number of halogens is 3. The molecule has 8 heteroatoms. The van der Waals surface area contributed by atoms with Gasteiger partial charge in [0.2, 0.25) is 0 Å². The third-order valence-electron chi connectivity index (χ3n) is 4.43. The molecule has 2 aromatic heterocycles. The Hall–Kier alpha value is -3.45. The molecule has 152 valence electrons. The molecule has 4 rings (SSSR count). The minimum Gasteiger partial charge on any atom is -0.481 e. The van der Waals surface area contributed by atoms with Gasteiger partial charge in [0.15, 0.2) is 6.61 Å². The van der Waals surface area contributed by atoms with Crippen molar-refractivity contribution in [1.82, 2.24) is 4.98 Å². The maximum atomic E-state index is 14.4. The van der Waals surface area contributed by atoms with Gasteiger partial charge in [-0.1, -0.05) is 11.6 Å². The largest absolute Gasteiger partial charge is 0.481 e. The molecule has 0 spiro atoms. The molecule has 0 atom stereocenters. The molecule has 0 saturated carbocycles. The second-order valence-electron chi connectivity index (χ2n) is 6.39. The Morgan fingerprint density at radius 1 is 1.13 bits per heavy atom. The Morgan fingerprint density at radius 2 is 2.00 bits per heavy atom. The van der Waals surface area contributed by atoms with E-state index in [2.05, 4.69) is 4.98 Å². The SMILES string of the molecule is O=C(COc1ccc(Cl)c2cccnc12)N(Cc1ccco1)c1ccc(F)cc1F. The van der Waals surface area contributed by atoms with Crippen molar-refractivity contribution in [3.63, 3.8) is 0 Å². The van der Waals surface area contributed by atoms with Crippen molar-refractivity contribution >= 4 is 34.1 Å². The molecule has 0 fully saturated rings. The lowest BCUT2D eigenvalue weighted by Crippen LogP contribution is -2.35. The van der Waals surface area contributed by atoms with E-state index in [0.717, 1.165) is 17.0 Å². The van der Waals surface area contributed by atoms with Gasteiger partial charge in [-0.05, 0) is 48.5 Å². The number of carbonyl (C=O) groups excluding carboxylic acids is 1. The molecular formula is C22H15ClF2N2O3. The van der Waals surface area contributed by atoms with E-state index in [4.69, 9.17) is 20.8 Å². The van der Waals surface area contributed by atoms with E-state index < -0.39 is 24.1 Å². The predicted molar refractivity (Wildman–Crippen MR) is 109 cm³/mol. The molecule has 5 nitrogen and oxygen atoms in total. The third-order valence-corrected chi connectivity index (χ3v) is 4.76. The number of hydrogen-bond acceptors (Lipinski definition) is 4. The maximum Gasteiger partial charge on any atom is 0.265 e. The number of anilines is 1. The molecule has 0 saturated heterocycles. The molecule has 0 radical (unpaired) electrons. The second-order valence-corrected chi connectivity index (χ2v) is 6.80. The van der Waals surface area contributed by atoms with Crippen molar-refractivity contribution in [2.24, 2.45) is 0 Å². The fourth-order valence-electron chi connectivity index (χ4n) is 3.01. The molecule has 0 aliphatic rings. The lowest BCUT2D eigenvalue weighted by Gasteiger charge is -2.22. The number of rotatable bonds is 6. The van der Waals surface area contributed by atoms with E-state index in [0.29, 0.717) is 27.4 Å². The van der Waals surface area contributed by atoms with Crippen LogP contribution in [0.3, 0.4) is 0 Å². The van der Waals surface area contributed by atoms with Gasteiger partial charge in [0.05, 0.1) is 23.5 Å². The number of aromatic nitrogens is 1. The lowest BCUT2D eigenvalue weighted by atomic mass is 10.2. The van der Waals surface area contributed by atoms with Gasteiger partial charge in [0.25, 0.3) is 5.91 Å². The van der Waals surface area contributed by atoms with Crippen LogP contribution in [0.25, 0.3) is 10.9 Å². The average Bonchev–Trinajstić information content (AvgIpc) is 3.25. The highest BCUT2D eigenvalue weighted by atomic mass is 35.5. The van der Waals surface area contributed by atoms with Gasteiger partial charge in [-0.3, -0.25) is 14.7 Å². The van der Waals surface area contributed by atoms with Crippen molar-refractivity contribution in [1.29, 1.82) is 0 Å². The molecule has 2 aromatic carbocycles. The summed E-state index contributed by atoms with van der Waals surface area (Å²) < 4.78 is 38.7. The van der Waals surface area contributed by atoms with Gasteiger partial charge in [-0.25, -0.2) is 8.78 Å². The molecule has 1 amide bonds. The zero-order chi connectivity index (χ0) is 21.1. The van der Waals surface area contributed by atoms with Crippen molar-refractivity contribution < 1.29 is 22.7 Å². The minimum absolute atomic E-state index is 0.0443. The first-order valence-corrected chi connectivity index (χ1v) is 9.34. The Balaban J connectivity index is 1.60. The Morgan fingerprint density at radius 3 is 2.77 bits per heavy atom. The molecule has 30 heavy (non-hydrogen) atoms. The van der Waals surface area contributed by atoms with Gasteiger partial charge in [-0.2, -0.15) is 0 Å². The monoisotopic (exact) mass is 428 g/mol. The van der Waals surface area contributed by atoms with Gasteiger partial charge < -0.3 is 9.15 Å². The quantitative estimate of drug-likeness (QED) is 0.414. The summed E-state index contributed by atoms with van der Waals surface area (Å²) in [5.41, 5.74) is 0.420. The van der Waals surface area contributed by atoms with Crippen LogP contribution in [-0.2, 0) is 11.3 Å². The summed E-state index contributed by atoms with van der Waals surface area (Å²) >= 11 is 6.18. The van der Waals surface area contributed by atoms with E-state index in [9.17, 15) is 13.6 Å². The minimum atomic E-state index is -0.867. The summed E-state index contributed by atoms with van der Waals surface area (Å²) in [5.74, 6) is -1.35. The van der Waals surface area contributed by atoms with Crippen LogP contribution in [0.1, 0.15) is 5.76 Å². The van der Waals surface area contributed by atoms with Crippen molar-refractivity contribution in [3.05, 3.63) is 89.5 Å². The summed E-state index contributed by atoms with van der Waals surface area (Å²) in [7, 11) is 0. The summed E-state index contributed by atoms with van der Waals surface area (Å²) in [6, 6.07) is 13.1. The molecule has 0 aliphatic heterocycles. The number of carbonyl (C=O) groups is 1. The molecule has 0 unspecified atom stereocenters. The van der Waals surface area contributed by atoms with Crippen LogP contribution in [0.5, 0.6) is 5.75 Å². The third kappa shape index (κ3) is 4.11. The van der Waals surface area contributed by atoms with Crippen LogP contribution in [0.4, 0.5) is 14.5 Å². The van der Waals surface area contributed by atoms with Crippen LogP contribution in [0, 0.1) is 11.6 Å². The highest BCUT2D eigenvalue weighted by Gasteiger charge is 2.22. The molecule has 0 N–H and O–H groups in total. The standard InChI is InChI=1S/C22H15ClF2N2O3/c23-17-6-8-20(22-16(17)4-1-9-26-22)30-13-21(28)27(12-15-3-2-10-29-15)19-7-5-14(24)11-18(19)25/h1-11H,12-13H2. The van der Waals surface area contributed by atoms with Crippen LogP contribution in [-0.4, -0.2) is 17.5 Å². The number of ether oxygens (including phenoxy) is 1. The number of pyridine rings is 1. The number of nitrogens with zero attached hydrogens (tertiary/aromatic N) is 2. The molecule has 0 aliphatic carbocycles. The number of furan rings is 1. The van der Waals surface area contributed by atoms with Crippen LogP contribution < -0.4 is 9.64 Å². The zero-order valence-electron chi connectivity index (χ0n) is 15.5. The van der Waals surface area contributed by atoms with Crippen LogP contribution >= 0.6 is 11.6 Å². The first kappa shape index (κ1) is 19.8. The van der Waals surface area contributed by atoms with Crippen molar-refractivity contribution in [2.75, 3.05) is 11.5 Å². The van der Waals surface area contributed by atoms with E-state index in [-0.39, 0.29) is 12.2 Å². The van der Waals surface area contributed by atoms with E-state index in [1.165, 1.54) is 12.3 Å². The average molecular weight is 429 g/mol. The Kier molecular flexibility index (Phi) is 5.63. The number of fused-ring (bicyclic) bond motifs is 1. The van der Waals surface area contributed by atoms with Crippen molar-refractivity contribution in [2.45, 2.75) is 6.54 Å². The molecule has 2 heterocycles. The Labute approximate surface area is 175 Å². The van der Waals surface area contributed by atoms with E-state index in [1.807, 2.05) is 0 Å². The Bertz CT molecular complexity index is 1200. The number of amides is 1. The van der Waals surface area contributed by atoms with Crippen molar-refractivity contribution in [3.8, 4) is 5.75 Å². The summed E-state index contributed by atoms with van der Waals surface area (Å²) in [4.78, 5) is 18.3. The highest BCUT2D eigenvalue weighted by molar-refractivity contribution is 6.35. The van der Waals surface area contributed by atoms with E-state index in [1.54, 1.807) is 42.6 Å². The topological polar surface area (TPSA) is 55.6 Å². The first-order chi connectivity index (χ1) is 14.5. The van der Waals surface area contributed by atoms with Crippen LogP contribution in [0.15, 0.2) is 71.5 Å². The summed E-state index contributed by atoms with van der Waals surface area (Å²) in [5, 5.41) is 1.19. The van der Waals surface area contributed by atoms with Crippen LogP contribution in [0.2, 0.25) is 5.02 Å². The summed E-state index contributed by atoms with van der Waals surface area (Å²) in [6.07, 6.45) is 3.03. The second kappa shape index (κ2) is 8.51. The normalized spacial score (nSPS) is 10.9. The highest BCUT2D eigenvalue weighted by Crippen LogP contribution is 2.30. The van der Waals surface area contributed by atoms with Gasteiger partial charge in [-0.15, -0.1) is 0 Å². The molecule has 4 aromatic rings.